The third-order valence-electron chi connectivity index (χ3n) is 7.22. The van der Waals surface area contributed by atoms with Gasteiger partial charge < -0.3 is 4.57 Å². The highest BCUT2D eigenvalue weighted by molar-refractivity contribution is 7.85. The van der Waals surface area contributed by atoms with Gasteiger partial charge in [-0.3, -0.25) is 0 Å². The molecule has 0 aliphatic rings. The van der Waals surface area contributed by atoms with Crippen LogP contribution >= 0.6 is 7.14 Å². The number of hydrogen-bond acceptors (Lipinski definition) is 1. The summed E-state index contributed by atoms with van der Waals surface area (Å²) in [5.41, 5.74) is 1.58. The standard InChI is InChI=1S/C29H37OP/c1-5-15-24(6-2)29(7-3,8-4)25-20-22-28(23-21-25)31(30,26-16-11-9-12-17-26)27-18-13-10-14-19-27/h9-14,16-24H,5-8,15H2,1-4H3. The molecule has 1 nitrogen and oxygen atoms in total. The van der Waals surface area contributed by atoms with Gasteiger partial charge in [0.25, 0.3) is 0 Å². The zero-order valence-electron chi connectivity index (χ0n) is 19.6. The lowest BCUT2D eigenvalue weighted by Gasteiger charge is -2.40. The van der Waals surface area contributed by atoms with Crippen molar-refractivity contribution in [3.05, 3.63) is 90.5 Å². The Bertz CT molecular complexity index is 929. The first-order valence-electron chi connectivity index (χ1n) is 11.9. The van der Waals surface area contributed by atoms with Crippen LogP contribution in [0.1, 0.15) is 65.4 Å². The third kappa shape index (κ3) is 4.44. The van der Waals surface area contributed by atoms with Crippen molar-refractivity contribution in [3.63, 3.8) is 0 Å². The molecule has 0 fully saturated rings. The summed E-state index contributed by atoms with van der Waals surface area (Å²) in [7, 11) is -2.91. The van der Waals surface area contributed by atoms with Crippen LogP contribution < -0.4 is 15.9 Å². The molecule has 164 valence electrons. The first-order valence-corrected chi connectivity index (χ1v) is 13.6. The minimum Gasteiger partial charge on any atom is -0.309 e. The van der Waals surface area contributed by atoms with Crippen LogP contribution in [-0.2, 0) is 9.98 Å². The zero-order valence-corrected chi connectivity index (χ0v) is 20.4. The highest BCUT2D eigenvalue weighted by Gasteiger charge is 2.36. The molecule has 0 saturated heterocycles. The maximum atomic E-state index is 14.6. The summed E-state index contributed by atoms with van der Waals surface area (Å²) >= 11 is 0. The van der Waals surface area contributed by atoms with Crippen molar-refractivity contribution in [3.8, 4) is 0 Å². The molecule has 3 aromatic carbocycles. The topological polar surface area (TPSA) is 17.1 Å². The van der Waals surface area contributed by atoms with Crippen LogP contribution in [0.2, 0.25) is 0 Å². The van der Waals surface area contributed by atoms with Crippen molar-refractivity contribution >= 4 is 23.1 Å². The Balaban J connectivity index is 2.12. The first kappa shape index (κ1) is 23.6. The second kappa shape index (κ2) is 10.5. The van der Waals surface area contributed by atoms with Crippen molar-refractivity contribution in [2.45, 2.75) is 65.2 Å². The molecule has 0 saturated carbocycles. The van der Waals surface area contributed by atoms with E-state index in [1.807, 2.05) is 60.7 Å². The number of rotatable bonds is 10. The summed E-state index contributed by atoms with van der Waals surface area (Å²) in [5, 5.41) is 2.70. The number of hydrogen-bond donors (Lipinski definition) is 0. The van der Waals surface area contributed by atoms with Crippen LogP contribution in [0.3, 0.4) is 0 Å². The van der Waals surface area contributed by atoms with Gasteiger partial charge in [0.15, 0.2) is 7.14 Å². The van der Waals surface area contributed by atoms with Gasteiger partial charge in [0.2, 0.25) is 0 Å². The van der Waals surface area contributed by atoms with Crippen molar-refractivity contribution in [1.29, 1.82) is 0 Å². The molecular formula is C29H37OP. The average Bonchev–Trinajstić information content (AvgIpc) is 2.85. The van der Waals surface area contributed by atoms with Crippen LogP contribution in [0.5, 0.6) is 0 Å². The third-order valence-corrected chi connectivity index (χ3v) is 10.3. The molecule has 0 bridgehead atoms. The largest absolute Gasteiger partial charge is 0.309 e. The Morgan fingerprint density at radius 1 is 0.677 bits per heavy atom. The normalized spacial score (nSPS) is 13.2. The summed E-state index contributed by atoms with van der Waals surface area (Å²) in [6, 6.07) is 28.7. The van der Waals surface area contributed by atoms with Gasteiger partial charge in [-0.05, 0) is 36.2 Å². The minimum absolute atomic E-state index is 0.187. The molecule has 0 aliphatic heterocycles. The lowest BCUT2D eigenvalue weighted by Crippen LogP contribution is -2.34. The van der Waals surface area contributed by atoms with Crippen LogP contribution in [-0.4, -0.2) is 0 Å². The van der Waals surface area contributed by atoms with Crippen LogP contribution in [0.25, 0.3) is 0 Å². The fourth-order valence-electron chi connectivity index (χ4n) is 5.42. The van der Waals surface area contributed by atoms with E-state index >= 15 is 0 Å². The summed E-state index contributed by atoms with van der Waals surface area (Å²) < 4.78 is 14.6. The van der Waals surface area contributed by atoms with E-state index in [0.717, 1.165) is 28.8 Å². The molecule has 0 radical (unpaired) electrons. The monoisotopic (exact) mass is 432 g/mol. The van der Waals surface area contributed by atoms with Gasteiger partial charge in [0, 0.05) is 15.9 Å². The lowest BCUT2D eigenvalue weighted by atomic mass is 9.64. The van der Waals surface area contributed by atoms with Crippen LogP contribution in [0.4, 0.5) is 0 Å². The predicted molar refractivity (Wildman–Crippen MR) is 137 cm³/mol. The molecule has 0 aliphatic carbocycles. The highest BCUT2D eigenvalue weighted by Crippen LogP contribution is 2.45. The van der Waals surface area contributed by atoms with Crippen molar-refractivity contribution in [2.24, 2.45) is 5.92 Å². The second-order valence-electron chi connectivity index (χ2n) is 8.58. The Morgan fingerprint density at radius 3 is 1.52 bits per heavy atom. The molecule has 1 atom stereocenters. The maximum Gasteiger partial charge on any atom is 0.171 e. The molecule has 3 aromatic rings. The van der Waals surface area contributed by atoms with Gasteiger partial charge in [0.05, 0.1) is 0 Å². The van der Waals surface area contributed by atoms with Crippen LogP contribution in [0, 0.1) is 5.92 Å². The fraction of sp³-hybridized carbons (Fsp3) is 0.379. The molecule has 2 heteroatoms. The van der Waals surface area contributed by atoms with E-state index in [2.05, 4.69) is 52.0 Å². The van der Waals surface area contributed by atoms with E-state index in [9.17, 15) is 4.57 Å². The van der Waals surface area contributed by atoms with Gasteiger partial charge in [-0.2, -0.15) is 0 Å². The Morgan fingerprint density at radius 2 is 1.13 bits per heavy atom. The molecule has 31 heavy (non-hydrogen) atoms. The van der Waals surface area contributed by atoms with Gasteiger partial charge >= 0.3 is 0 Å². The first-order chi connectivity index (χ1) is 15.1. The highest BCUT2D eigenvalue weighted by atomic mass is 31.2. The molecular weight excluding hydrogens is 395 g/mol. The second-order valence-corrected chi connectivity index (χ2v) is 11.4. The van der Waals surface area contributed by atoms with Crippen LogP contribution in [0.15, 0.2) is 84.9 Å². The smallest absolute Gasteiger partial charge is 0.171 e. The van der Waals surface area contributed by atoms with E-state index in [0.29, 0.717) is 5.92 Å². The van der Waals surface area contributed by atoms with Crippen molar-refractivity contribution in [1.82, 2.24) is 0 Å². The summed E-state index contributed by atoms with van der Waals surface area (Å²) in [5.74, 6) is 0.674. The van der Waals surface area contributed by atoms with Crippen molar-refractivity contribution in [2.75, 3.05) is 0 Å². The molecule has 0 N–H and O–H groups in total. The molecule has 0 amide bonds. The fourth-order valence-corrected chi connectivity index (χ4v) is 8.06. The minimum atomic E-state index is -2.91. The predicted octanol–water partition coefficient (Wildman–Crippen LogP) is 7.21. The molecule has 0 heterocycles. The SMILES string of the molecule is CCCC(CC)C(CC)(CC)c1ccc(P(=O)(c2ccccc2)c2ccccc2)cc1. The molecule has 1 unspecified atom stereocenters. The quantitative estimate of drug-likeness (QED) is 0.309. The van der Waals surface area contributed by atoms with E-state index < -0.39 is 7.14 Å². The summed E-state index contributed by atoms with van der Waals surface area (Å²) in [6.07, 6.45) is 5.94. The Hall–Kier alpha value is -2.11. The molecule has 0 spiro atoms. The van der Waals surface area contributed by atoms with Crippen molar-refractivity contribution < 1.29 is 4.57 Å². The van der Waals surface area contributed by atoms with Gasteiger partial charge in [0.1, 0.15) is 0 Å². The van der Waals surface area contributed by atoms with Gasteiger partial charge in [-0.15, -0.1) is 0 Å². The van der Waals surface area contributed by atoms with E-state index in [-0.39, 0.29) is 5.41 Å². The Kier molecular flexibility index (Phi) is 7.95. The molecule has 3 rings (SSSR count). The molecule has 0 aromatic heterocycles. The van der Waals surface area contributed by atoms with Gasteiger partial charge in [-0.1, -0.05) is 125 Å². The zero-order chi connectivity index (χ0) is 22.3. The van der Waals surface area contributed by atoms with Gasteiger partial charge in [-0.25, -0.2) is 0 Å². The van der Waals surface area contributed by atoms with E-state index in [1.165, 1.54) is 24.8 Å². The summed E-state index contributed by atoms with van der Waals surface area (Å²) in [6.45, 7) is 9.27. The van der Waals surface area contributed by atoms with E-state index in [1.54, 1.807) is 0 Å². The van der Waals surface area contributed by atoms with E-state index in [4.69, 9.17) is 0 Å². The average molecular weight is 433 g/mol. The summed E-state index contributed by atoms with van der Waals surface area (Å²) in [4.78, 5) is 0. The lowest BCUT2D eigenvalue weighted by molar-refractivity contribution is 0.223. The number of benzene rings is 3. The Labute approximate surface area is 189 Å². The maximum absolute atomic E-state index is 14.6.